The van der Waals surface area contributed by atoms with Gasteiger partial charge in [-0.15, -0.1) is 0 Å². The highest BCUT2D eigenvalue weighted by Crippen LogP contribution is 2.09. The maximum absolute atomic E-state index is 12.3. The van der Waals surface area contributed by atoms with Crippen molar-refractivity contribution in [3.8, 4) is 0 Å². The van der Waals surface area contributed by atoms with E-state index in [0.717, 1.165) is 56.1 Å². The van der Waals surface area contributed by atoms with Gasteiger partial charge in [-0.1, -0.05) is 92.8 Å². The van der Waals surface area contributed by atoms with E-state index in [2.05, 4.69) is 10.6 Å². The Morgan fingerprint density at radius 3 is 1.21 bits per heavy atom. The molecule has 39 heavy (non-hydrogen) atoms. The van der Waals surface area contributed by atoms with Crippen LogP contribution in [0.3, 0.4) is 0 Å². The van der Waals surface area contributed by atoms with Gasteiger partial charge in [-0.2, -0.15) is 0 Å². The van der Waals surface area contributed by atoms with Crippen molar-refractivity contribution in [1.82, 2.24) is 21.3 Å². The molecule has 0 fully saturated rings. The van der Waals surface area contributed by atoms with E-state index in [-0.39, 0.29) is 0 Å². The number of carboxylic acid groups (broad SMARTS) is 2. The summed E-state index contributed by atoms with van der Waals surface area (Å²) >= 11 is 0. The highest BCUT2D eigenvalue weighted by atomic mass is 16.4. The van der Waals surface area contributed by atoms with E-state index < -0.39 is 36.1 Å². The van der Waals surface area contributed by atoms with Crippen LogP contribution in [0.4, 0.5) is 9.59 Å². The average Bonchev–Trinajstić information content (AvgIpc) is 2.90. The lowest BCUT2D eigenvalue weighted by atomic mass is 10.0. The molecule has 2 rings (SSSR count). The molecule has 0 heterocycles. The van der Waals surface area contributed by atoms with Gasteiger partial charge < -0.3 is 20.8 Å². The van der Waals surface area contributed by atoms with Gasteiger partial charge in [0.2, 0.25) is 11.8 Å². The molecule has 212 valence electrons. The van der Waals surface area contributed by atoms with Crippen LogP contribution in [0.2, 0.25) is 0 Å². The number of rotatable bonds is 18. The molecular weight excluding hydrogens is 500 g/mol. The van der Waals surface area contributed by atoms with Gasteiger partial charge in [0.05, 0.1) is 12.1 Å². The van der Waals surface area contributed by atoms with Crippen molar-refractivity contribution in [1.29, 1.82) is 0 Å². The molecule has 6 N–H and O–H groups in total. The van der Waals surface area contributed by atoms with Crippen LogP contribution in [0, 0.1) is 0 Å². The summed E-state index contributed by atoms with van der Waals surface area (Å²) in [6.07, 6.45) is 5.05. The molecule has 2 atom stereocenters. The first-order chi connectivity index (χ1) is 18.8. The minimum Gasteiger partial charge on any atom is -0.465 e. The molecule has 0 aliphatic heterocycles. The smallest absolute Gasteiger partial charge is 0.411 e. The summed E-state index contributed by atoms with van der Waals surface area (Å²) in [5.74, 6) is -1.10. The first kappa shape index (κ1) is 31.5. The molecule has 2 aromatic rings. The molecule has 0 saturated carbocycles. The Bertz CT molecular complexity index is 937. The summed E-state index contributed by atoms with van der Waals surface area (Å²) in [5, 5.41) is 28.0. The van der Waals surface area contributed by atoms with Gasteiger partial charge in [0.1, 0.15) is 0 Å². The van der Waals surface area contributed by atoms with Gasteiger partial charge >= 0.3 is 12.2 Å². The summed E-state index contributed by atoms with van der Waals surface area (Å²) in [6, 6.07) is 17.7. The summed E-state index contributed by atoms with van der Waals surface area (Å²) in [6.45, 7) is 1.24. The maximum Gasteiger partial charge on any atom is 0.411 e. The van der Waals surface area contributed by atoms with E-state index in [0.29, 0.717) is 25.9 Å². The Balaban J connectivity index is 1.60. The number of benzene rings is 2. The quantitative estimate of drug-likeness (QED) is 0.156. The van der Waals surface area contributed by atoms with E-state index in [1.165, 1.54) is 0 Å². The third-order valence-corrected chi connectivity index (χ3v) is 6.29. The molecule has 2 unspecified atom stereocenters. The van der Waals surface area contributed by atoms with Crippen LogP contribution in [0.15, 0.2) is 60.7 Å². The number of imide groups is 2. The molecule has 0 spiro atoms. The van der Waals surface area contributed by atoms with Crippen molar-refractivity contribution >= 4 is 24.0 Å². The molecular formula is C29H40N4O6. The lowest BCUT2D eigenvalue weighted by Crippen LogP contribution is -2.47. The van der Waals surface area contributed by atoms with Crippen molar-refractivity contribution in [3.05, 3.63) is 71.8 Å². The monoisotopic (exact) mass is 540 g/mol. The molecule has 0 bridgehead atoms. The SMILES string of the molecule is O=C(O)NC(=O)C(Cc1ccccc1)NCCCCCCCCCNC(Cc1ccccc1)C(=O)NC(=O)O. The fraction of sp³-hybridized carbons (Fsp3) is 0.448. The number of carbonyl (C=O) groups excluding carboxylic acids is 2. The van der Waals surface area contributed by atoms with E-state index in [4.69, 9.17) is 10.2 Å². The summed E-state index contributed by atoms with van der Waals surface area (Å²) in [4.78, 5) is 46.3. The van der Waals surface area contributed by atoms with Crippen LogP contribution in [0.5, 0.6) is 0 Å². The zero-order valence-corrected chi connectivity index (χ0v) is 22.2. The Hall–Kier alpha value is -3.76. The Morgan fingerprint density at radius 2 is 0.872 bits per heavy atom. The molecule has 4 amide bonds. The second kappa shape index (κ2) is 18.5. The Kier molecular flexibility index (Phi) is 14.9. The van der Waals surface area contributed by atoms with Crippen LogP contribution in [0.1, 0.15) is 56.1 Å². The van der Waals surface area contributed by atoms with Crippen molar-refractivity contribution < 1.29 is 29.4 Å². The topological polar surface area (TPSA) is 157 Å². The number of hydrogen-bond acceptors (Lipinski definition) is 6. The van der Waals surface area contributed by atoms with Crippen molar-refractivity contribution in [2.24, 2.45) is 0 Å². The second-order valence-corrected chi connectivity index (χ2v) is 9.46. The fourth-order valence-corrected chi connectivity index (χ4v) is 4.29. The van der Waals surface area contributed by atoms with Crippen LogP contribution in [-0.2, 0) is 22.4 Å². The minimum absolute atomic E-state index is 0.415. The zero-order chi connectivity index (χ0) is 28.3. The predicted molar refractivity (Wildman–Crippen MR) is 149 cm³/mol. The van der Waals surface area contributed by atoms with Gasteiger partial charge in [-0.25, -0.2) is 9.59 Å². The Labute approximate surface area is 229 Å². The van der Waals surface area contributed by atoms with Crippen LogP contribution in [0.25, 0.3) is 0 Å². The molecule has 10 heteroatoms. The Morgan fingerprint density at radius 1 is 0.538 bits per heavy atom. The summed E-state index contributed by atoms with van der Waals surface area (Å²) in [5.41, 5.74) is 1.91. The van der Waals surface area contributed by atoms with Crippen LogP contribution >= 0.6 is 0 Å². The predicted octanol–water partition coefficient (Wildman–Crippen LogP) is 3.71. The summed E-state index contributed by atoms with van der Waals surface area (Å²) < 4.78 is 0. The lowest BCUT2D eigenvalue weighted by molar-refractivity contribution is -0.123. The normalized spacial score (nSPS) is 12.3. The largest absolute Gasteiger partial charge is 0.465 e. The molecule has 2 aromatic carbocycles. The highest BCUT2D eigenvalue weighted by molar-refractivity contribution is 5.94. The van der Waals surface area contributed by atoms with Crippen LogP contribution in [-0.4, -0.2) is 59.4 Å². The number of carbonyl (C=O) groups is 4. The second-order valence-electron chi connectivity index (χ2n) is 9.46. The average molecular weight is 541 g/mol. The molecule has 0 radical (unpaired) electrons. The maximum atomic E-state index is 12.3. The molecule has 0 saturated heterocycles. The number of unbranched alkanes of at least 4 members (excludes halogenated alkanes) is 6. The minimum atomic E-state index is -1.36. The van der Waals surface area contributed by atoms with E-state index in [1.807, 2.05) is 71.3 Å². The van der Waals surface area contributed by atoms with Crippen molar-refractivity contribution in [2.45, 2.75) is 69.9 Å². The van der Waals surface area contributed by atoms with E-state index >= 15 is 0 Å². The summed E-state index contributed by atoms with van der Waals surface area (Å²) in [7, 11) is 0. The standard InChI is InChI=1S/C29H40N4O6/c34-26(32-28(36)37)24(20-22-14-8-6-9-15-22)30-18-12-4-2-1-3-5-13-19-31-25(27(35)33-29(38)39)21-23-16-10-7-11-17-23/h6-11,14-17,24-25,30-31H,1-5,12-13,18-21H2,(H,32,34)(H,33,35)(H,36,37)(H,38,39). The number of hydrogen-bond donors (Lipinski definition) is 6. The highest BCUT2D eigenvalue weighted by Gasteiger charge is 2.21. The molecule has 10 nitrogen and oxygen atoms in total. The van der Waals surface area contributed by atoms with Gasteiger partial charge in [0, 0.05) is 0 Å². The van der Waals surface area contributed by atoms with Gasteiger partial charge in [0.25, 0.3) is 0 Å². The third-order valence-electron chi connectivity index (χ3n) is 6.29. The third kappa shape index (κ3) is 14.1. The van der Waals surface area contributed by atoms with E-state index in [1.54, 1.807) is 0 Å². The van der Waals surface area contributed by atoms with Crippen LogP contribution < -0.4 is 21.3 Å². The lowest BCUT2D eigenvalue weighted by Gasteiger charge is -2.17. The first-order valence-electron chi connectivity index (χ1n) is 13.5. The molecule has 0 aliphatic carbocycles. The fourth-order valence-electron chi connectivity index (χ4n) is 4.29. The molecule has 0 aromatic heterocycles. The van der Waals surface area contributed by atoms with Gasteiger partial charge in [-0.3, -0.25) is 20.2 Å². The van der Waals surface area contributed by atoms with Gasteiger partial charge in [0.15, 0.2) is 0 Å². The number of nitrogens with one attached hydrogen (secondary N) is 4. The number of amides is 4. The first-order valence-corrected chi connectivity index (χ1v) is 13.5. The van der Waals surface area contributed by atoms with Crippen molar-refractivity contribution in [3.63, 3.8) is 0 Å². The van der Waals surface area contributed by atoms with Crippen molar-refractivity contribution in [2.75, 3.05) is 13.1 Å². The molecule has 0 aliphatic rings. The van der Waals surface area contributed by atoms with E-state index in [9.17, 15) is 19.2 Å². The zero-order valence-electron chi connectivity index (χ0n) is 22.2. The van der Waals surface area contributed by atoms with Gasteiger partial charge in [-0.05, 0) is 49.9 Å².